The first kappa shape index (κ1) is 14.1. The molecule has 3 heteroatoms. The van der Waals surface area contributed by atoms with Crippen molar-refractivity contribution in [1.29, 1.82) is 0 Å². The molecular weight excluding hydrogens is 277 g/mol. The fourth-order valence-electron chi connectivity index (χ4n) is 2.15. The van der Waals surface area contributed by atoms with Gasteiger partial charge in [0.25, 0.3) is 0 Å². The van der Waals surface area contributed by atoms with Gasteiger partial charge >= 0.3 is 0 Å². The molecule has 1 atom stereocenters. The number of rotatable bonds is 4. The number of nitrogens with zero attached hydrogens (tertiary/aromatic N) is 1. The predicted octanol–water partition coefficient (Wildman–Crippen LogP) is 5.38. The molecule has 1 unspecified atom stereocenters. The van der Waals surface area contributed by atoms with Gasteiger partial charge in [0, 0.05) is 16.2 Å². The molecule has 0 aliphatic carbocycles. The van der Waals surface area contributed by atoms with Crippen LogP contribution in [0, 0.1) is 0 Å². The average molecular weight is 292 g/mol. The van der Waals surface area contributed by atoms with E-state index in [-0.39, 0.29) is 0 Å². The van der Waals surface area contributed by atoms with Gasteiger partial charge in [-0.1, -0.05) is 48.8 Å². The van der Waals surface area contributed by atoms with Crippen molar-refractivity contribution in [3.05, 3.63) is 70.0 Å². The Morgan fingerprint density at radius 2 is 2.11 bits per heavy atom. The summed E-state index contributed by atoms with van der Waals surface area (Å²) in [7, 11) is 0. The van der Waals surface area contributed by atoms with E-state index in [1.165, 1.54) is 5.56 Å². The molecule has 1 nitrogen and oxygen atoms in total. The molecule has 0 radical (unpaired) electrons. The van der Waals surface area contributed by atoms with E-state index in [0.29, 0.717) is 16.0 Å². The Kier molecular flexibility index (Phi) is 4.62. The second-order valence-electron chi connectivity index (χ2n) is 4.52. The largest absolute Gasteiger partial charge is 0.257 e. The first-order valence-corrected chi connectivity index (χ1v) is 6.88. The van der Waals surface area contributed by atoms with E-state index >= 15 is 0 Å². The molecule has 98 valence electrons. The summed E-state index contributed by atoms with van der Waals surface area (Å²) in [4.78, 5) is 4.31. The number of halogens is 2. The molecule has 1 heterocycles. The Morgan fingerprint density at radius 3 is 2.79 bits per heavy atom. The third-order valence-electron chi connectivity index (χ3n) is 3.14. The smallest absolute Gasteiger partial charge is 0.0655 e. The molecule has 0 bridgehead atoms. The molecule has 0 spiro atoms. The average Bonchev–Trinajstić information content (AvgIpc) is 2.39. The molecule has 0 amide bonds. The Hall–Kier alpha value is -1.31. The van der Waals surface area contributed by atoms with Gasteiger partial charge in [-0.3, -0.25) is 4.98 Å². The van der Waals surface area contributed by atoms with E-state index in [1.54, 1.807) is 18.3 Å². The molecule has 2 rings (SSSR count). The van der Waals surface area contributed by atoms with Crippen molar-refractivity contribution in [2.75, 3.05) is 0 Å². The SMILES string of the molecule is C=Cc1ncccc1CC(C)c1ccc(Cl)cc1Cl. The van der Waals surface area contributed by atoms with Crippen LogP contribution in [-0.2, 0) is 6.42 Å². The van der Waals surface area contributed by atoms with Gasteiger partial charge in [-0.2, -0.15) is 0 Å². The Balaban J connectivity index is 2.25. The molecule has 2 aromatic rings. The van der Waals surface area contributed by atoms with Crippen molar-refractivity contribution >= 4 is 29.3 Å². The summed E-state index contributed by atoms with van der Waals surface area (Å²) in [5.41, 5.74) is 3.21. The maximum absolute atomic E-state index is 6.24. The summed E-state index contributed by atoms with van der Waals surface area (Å²) < 4.78 is 0. The van der Waals surface area contributed by atoms with Crippen molar-refractivity contribution < 1.29 is 0 Å². The minimum atomic E-state index is 0.299. The highest BCUT2D eigenvalue weighted by Crippen LogP contribution is 2.30. The van der Waals surface area contributed by atoms with Gasteiger partial charge < -0.3 is 0 Å². The van der Waals surface area contributed by atoms with Crippen molar-refractivity contribution in [3.63, 3.8) is 0 Å². The molecular formula is C16H15Cl2N. The Labute approximate surface area is 123 Å². The van der Waals surface area contributed by atoms with Crippen LogP contribution < -0.4 is 0 Å². The fraction of sp³-hybridized carbons (Fsp3) is 0.188. The summed E-state index contributed by atoms with van der Waals surface area (Å²) in [5.74, 6) is 0.299. The zero-order valence-corrected chi connectivity index (χ0v) is 12.2. The zero-order valence-electron chi connectivity index (χ0n) is 10.7. The van der Waals surface area contributed by atoms with Crippen molar-refractivity contribution in [3.8, 4) is 0 Å². The van der Waals surface area contributed by atoms with Gasteiger partial charge in [0.2, 0.25) is 0 Å². The standard InChI is InChI=1S/C16H15Cl2N/c1-3-16-12(5-4-8-19-16)9-11(2)14-7-6-13(17)10-15(14)18/h3-8,10-11H,1,9H2,2H3. The monoisotopic (exact) mass is 291 g/mol. The number of hydrogen-bond acceptors (Lipinski definition) is 1. The molecule has 0 saturated carbocycles. The van der Waals surface area contributed by atoms with Crippen LogP contribution in [0.2, 0.25) is 10.0 Å². The lowest BCUT2D eigenvalue weighted by Gasteiger charge is -2.15. The van der Waals surface area contributed by atoms with Crippen LogP contribution in [0.5, 0.6) is 0 Å². The Morgan fingerprint density at radius 1 is 1.32 bits per heavy atom. The highest BCUT2D eigenvalue weighted by molar-refractivity contribution is 6.35. The molecule has 0 fully saturated rings. The number of aromatic nitrogens is 1. The highest BCUT2D eigenvalue weighted by atomic mass is 35.5. The van der Waals surface area contributed by atoms with Crippen LogP contribution in [0.25, 0.3) is 6.08 Å². The summed E-state index contributed by atoms with van der Waals surface area (Å²) in [6.45, 7) is 5.94. The lowest BCUT2D eigenvalue weighted by Crippen LogP contribution is -2.02. The molecule has 0 aliphatic heterocycles. The fourth-order valence-corrected chi connectivity index (χ4v) is 2.74. The van der Waals surface area contributed by atoms with Gasteiger partial charge in [-0.05, 0) is 47.7 Å². The topological polar surface area (TPSA) is 12.9 Å². The van der Waals surface area contributed by atoms with Crippen LogP contribution in [-0.4, -0.2) is 4.98 Å². The summed E-state index contributed by atoms with van der Waals surface area (Å²) >= 11 is 12.2. The normalized spacial score (nSPS) is 12.2. The molecule has 0 saturated heterocycles. The lowest BCUT2D eigenvalue weighted by molar-refractivity contribution is 0.755. The van der Waals surface area contributed by atoms with Gasteiger partial charge in [-0.15, -0.1) is 0 Å². The van der Waals surface area contributed by atoms with Gasteiger partial charge in [0.1, 0.15) is 0 Å². The van der Waals surface area contributed by atoms with E-state index in [0.717, 1.165) is 17.7 Å². The zero-order chi connectivity index (χ0) is 13.8. The Bertz CT molecular complexity index is 593. The number of pyridine rings is 1. The predicted molar refractivity (Wildman–Crippen MR) is 82.9 cm³/mol. The first-order valence-electron chi connectivity index (χ1n) is 6.13. The van der Waals surface area contributed by atoms with Crippen molar-refractivity contribution in [2.45, 2.75) is 19.3 Å². The van der Waals surface area contributed by atoms with Crippen LogP contribution in [0.15, 0.2) is 43.1 Å². The van der Waals surface area contributed by atoms with E-state index in [4.69, 9.17) is 23.2 Å². The maximum atomic E-state index is 6.24. The second kappa shape index (κ2) is 6.23. The number of benzene rings is 1. The summed E-state index contributed by atoms with van der Waals surface area (Å²) in [5, 5.41) is 1.37. The van der Waals surface area contributed by atoms with E-state index in [9.17, 15) is 0 Å². The second-order valence-corrected chi connectivity index (χ2v) is 5.37. The number of hydrogen-bond donors (Lipinski definition) is 0. The van der Waals surface area contributed by atoms with Crippen LogP contribution in [0.3, 0.4) is 0 Å². The van der Waals surface area contributed by atoms with Crippen molar-refractivity contribution in [2.24, 2.45) is 0 Å². The van der Waals surface area contributed by atoms with Crippen LogP contribution in [0.4, 0.5) is 0 Å². The molecule has 1 aromatic carbocycles. The third-order valence-corrected chi connectivity index (χ3v) is 3.70. The highest BCUT2D eigenvalue weighted by Gasteiger charge is 2.12. The lowest BCUT2D eigenvalue weighted by atomic mass is 9.93. The minimum Gasteiger partial charge on any atom is -0.257 e. The minimum absolute atomic E-state index is 0.299. The molecule has 0 N–H and O–H groups in total. The van der Waals surface area contributed by atoms with Crippen LogP contribution in [0.1, 0.15) is 29.7 Å². The summed E-state index contributed by atoms with van der Waals surface area (Å²) in [6.07, 6.45) is 4.43. The summed E-state index contributed by atoms with van der Waals surface area (Å²) in [6, 6.07) is 9.66. The van der Waals surface area contributed by atoms with Gasteiger partial charge in [0.15, 0.2) is 0 Å². The van der Waals surface area contributed by atoms with E-state index < -0.39 is 0 Å². The van der Waals surface area contributed by atoms with Gasteiger partial charge in [-0.25, -0.2) is 0 Å². The van der Waals surface area contributed by atoms with E-state index in [1.807, 2.05) is 18.2 Å². The molecule has 1 aromatic heterocycles. The first-order chi connectivity index (χ1) is 9.11. The molecule has 0 aliphatic rings. The van der Waals surface area contributed by atoms with Crippen LogP contribution >= 0.6 is 23.2 Å². The van der Waals surface area contributed by atoms with E-state index in [2.05, 4.69) is 24.6 Å². The maximum Gasteiger partial charge on any atom is 0.0655 e. The third kappa shape index (κ3) is 3.37. The van der Waals surface area contributed by atoms with Crippen molar-refractivity contribution in [1.82, 2.24) is 4.98 Å². The molecule has 19 heavy (non-hydrogen) atoms. The quantitative estimate of drug-likeness (QED) is 0.737. The van der Waals surface area contributed by atoms with Gasteiger partial charge in [0.05, 0.1) is 5.69 Å².